The second-order valence-electron chi connectivity index (χ2n) is 6.36. The van der Waals surface area contributed by atoms with Crippen LogP contribution >= 0.6 is 0 Å². The predicted molar refractivity (Wildman–Crippen MR) is 97.2 cm³/mol. The Labute approximate surface area is 158 Å². The first-order chi connectivity index (χ1) is 13.4. The number of nitrogens with zero attached hydrogens (tertiary/aromatic N) is 6. The number of hydrogen-bond donors (Lipinski definition) is 5. The molecule has 148 valence electrons. The van der Waals surface area contributed by atoms with E-state index in [2.05, 4.69) is 25.4 Å². The molecule has 0 bridgehead atoms. The molecule has 0 aliphatic carbocycles. The lowest BCUT2D eigenvalue weighted by molar-refractivity contribution is -0.0261. The van der Waals surface area contributed by atoms with Crippen molar-refractivity contribution in [3.63, 3.8) is 0 Å². The van der Waals surface area contributed by atoms with E-state index in [9.17, 15) is 9.90 Å². The first kappa shape index (κ1) is 18.2. The van der Waals surface area contributed by atoms with Crippen molar-refractivity contribution < 1.29 is 14.6 Å². The second-order valence-corrected chi connectivity index (χ2v) is 6.36. The topological polar surface area (TPSA) is 198 Å². The van der Waals surface area contributed by atoms with Crippen molar-refractivity contribution in [3.05, 3.63) is 24.3 Å². The fourth-order valence-electron chi connectivity index (χ4n) is 3.11. The van der Waals surface area contributed by atoms with Crippen LogP contribution in [-0.2, 0) is 4.74 Å². The number of aliphatic hydroxyl groups excluding tert-OH is 1. The van der Waals surface area contributed by atoms with Crippen molar-refractivity contribution in [2.45, 2.75) is 24.4 Å². The van der Waals surface area contributed by atoms with Crippen molar-refractivity contribution >= 4 is 22.9 Å². The molecular formula is C15H20N10O3. The molecule has 0 radical (unpaired) electrons. The summed E-state index contributed by atoms with van der Waals surface area (Å²) in [7, 11) is 1.51. The molecule has 4 atom stereocenters. The van der Waals surface area contributed by atoms with Crippen LogP contribution in [0.15, 0.2) is 18.6 Å². The van der Waals surface area contributed by atoms with Gasteiger partial charge in [-0.05, 0) is 6.07 Å². The molecule has 0 spiro atoms. The maximum Gasteiger partial charge on any atom is 0.271 e. The van der Waals surface area contributed by atoms with Gasteiger partial charge in [-0.2, -0.15) is 15.1 Å². The first-order valence-electron chi connectivity index (χ1n) is 8.50. The fraction of sp³-hybridized carbons (Fsp3) is 0.400. The van der Waals surface area contributed by atoms with Crippen LogP contribution in [0.2, 0.25) is 0 Å². The Bertz CT molecular complexity index is 1030. The fourth-order valence-corrected chi connectivity index (χ4v) is 3.11. The maximum absolute atomic E-state index is 11.7. The van der Waals surface area contributed by atoms with Gasteiger partial charge in [0.1, 0.15) is 5.52 Å². The third kappa shape index (κ3) is 2.77. The number of aromatic nitrogens is 6. The van der Waals surface area contributed by atoms with Gasteiger partial charge >= 0.3 is 0 Å². The minimum absolute atomic E-state index is 0.130. The molecule has 0 saturated carbocycles. The van der Waals surface area contributed by atoms with E-state index in [1.54, 1.807) is 10.8 Å². The van der Waals surface area contributed by atoms with E-state index in [1.165, 1.54) is 24.1 Å². The monoisotopic (exact) mass is 388 g/mol. The smallest absolute Gasteiger partial charge is 0.271 e. The highest BCUT2D eigenvalue weighted by Crippen LogP contribution is 2.30. The molecule has 1 aliphatic rings. The van der Waals surface area contributed by atoms with Gasteiger partial charge < -0.3 is 32.4 Å². The van der Waals surface area contributed by atoms with Crippen LogP contribution in [0.1, 0.15) is 16.7 Å². The Balaban J connectivity index is 1.77. The Morgan fingerprint density at radius 3 is 2.82 bits per heavy atom. The number of rotatable bonds is 4. The van der Waals surface area contributed by atoms with E-state index in [0.29, 0.717) is 11.2 Å². The lowest BCUT2D eigenvalue weighted by Crippen LogP contribution is -2.46. The third-order valence-electron chi connectivity index (χ3n) is 4.66. The average Bonchev–Trinajstić information content (AvgIpc) is 3.40. The number of aliphatic hydroxyl groups is 1. The average molecular weight is 388 g/mol. The highest BCUT2D eigenvalue weighted by Gasteiger charge is 2.41. The zero-order valence-electron chi connectivity index (χ0n) is 14.9. The van der Waals surface area contributed by atoms with E-state index < -0.39 is 24.4 Å². The Hall–Kier alpha value is -3.13. The number of imidazole rings is 1. The molecule has 1 fully saturated rings. The molecular weight excluding hydrogens is 368 g/mol. The molecule has 1 aliphatic heterocycles. The highest BCUT2D eigenvalue weighted by atomic mass is 16.5. The molecule has 8 N–H and O–H groups in total. The van der Waals surface area contributed by atoms with Gasteiger partial charge in [0.15, 0.2) is 23.4 Å². The molecule has 1 amide bonds. The molecule has 13 heteroatoms. The molecule has 4 rings (SSSR count). The van der Waals surface area contributed by atoms with Gasteiger partial charge in [0.2, 0.25) is 0 Å². The van der Waals surface area contributed by atoms with E-state index >= 15 is 0 Å². The lowest BCUT2D eigenvalue weighted by Gasteiger charge is -2.18. The van der Waals surface area contributed by atoms with Gasteiger partial charge in [-0.1, -0.05) is 0 Å². The number of nitrogens with two attached hydrogens (primary N) is 3. The van der Waals surface area contributed by atoms with Crippen LogP contribution in [0.5, 0.6) is 0 Å². The summed E-state index contributed by atoms with van der Waals surface area (Å²) in [5.41, 5.74) is 19.1. The van der Waals surface area contributed by atoms with Crippen molar-refractivity contribution in [2.24, 2.45) is 11.5 Å². The minimum Gasteiger partial charge on any atom is -0.394 e. The Morgan fingerprint density at radius 1 is 1.36 bits per heavy atom. The van der Waals surface area contributed by atoms with Gasteiger partial charge in [0.05, 0.1) is 31.1 Å². The van der Waals surface area contributed by atoms with Crippen molar-refractivity contribution in [2.75, 3.05) is 19.4 Å². The quantitative estimate of drug-likeness (QED) is 0.318. The first-order valence-corrected chi connectivity index (χ1v) is 8.50. The zero-order valence-corrected chi connectivity index (χ0v) is 14.9. The van der Waals surface area contributed by atoms with Gasteiger partial charge in [0, 0.05) is 13.2 Å². The number of anilines is 1. The molecule has 28 heavy (non-hydrogen) atoms. The van der Waals surface area contributed by atoms with Crippen molar-refractivity contribution in [1.82, 2.24) is 34.6 Å². The number of hydrogen-bond acceptors (Lipinski definition) is 10. The summed E-state index contributed by atoms with van der Waals surface area (Å²) >= 11 is 0. The van der Waals surface area contributed by atoms with Gasteiger partial charge in [-0.3, -0.25) is 9.36 Å². The SMILES string of the molecule is CNC(=O)c1ccn(-c2nc(N)c3ncn([C@@H]4O[C@H](CO)C(N)C4N)c3n2)n1. The number of amides is 1. The van der Waals surface area contributed by atoms with Gasteiger partial charge in [-0.25, -0.2) is 9.67 Å². The van der Waals surface area contributed by atoms with Crippen LogP contribution in [0, 0.1) is 0 Å². The van der Waals surface area contributed by atoms with Crippen LogP contribution in [0.25, 0.3) is 17.1 Å². The summed E-state index contributed by atoms with van der Waals surface area (Å²) in [6.45, 7) is -0.254. The van der Waals surface area contributed by atoms with E-state index in [4.69, 9.17) is 21.9 Å². The standard InChI is InChI=1S/C15H20N10O3/c1-19-13(27)6-2-3-25(23-6)15-21-11(18)10-12(22-15)24(5-20-10)14-9(17)8(16)7(4-26)28-14/h2-3,5,7-9,14,26H,4,16-17H2,1H3,(H,19,27)(H2,18,21,22)/t7-,8?,9?,14-/m1/s1. The Morgan fingerprint density at radius 2 is 2.14 bits per heavy atom. The van der Waals surface area contributed by atoms with Crippen LogP contribution in [-0.4, -0.2) is 72.2 Å². The summed E-state index contributed by atoms with van der Waals surface area (Å²) < 4.78 is 8.70. The largest absolute Gasteiger partial charge is 0.394 e. The van der Waals surface area contributed by atoms with E-state index in [0.717, 1.165) is 0 Å². The van der Waals surface area contributed by atoms with E-state index in [1.807, 2.05) is 0 Å². The number of nitrogen functional groups attached to an aromatic ring is 1. The maximum atomic E-state index is 11.7. The number of nitrogens with one attached hydrogen (secondary N) is 1. The summed E-state index contributed by atoms with van der Waals surface area (Å²) in [5.74, 6) is -0.0611. The molecule has 3 aromatic heterocycles. The predicted octanol–water partition coefficient (Wildman–Crippen LogP) is -2.50. The lowest BCUT2D eigenvalue weighted by atomic mass is 10.1. The number of carbonyl (C=O) groups is 1. The number of fused-ring (bicyclic) bond motifs is 1. The molecule has 3 aromatic rings. The summed E-state index contributed by atoms with van der Waals surface area (Å²) in [6, 6.07) is 0.395. The van der Waals surface area contributed by atoms with Crippen LogP contribution in [0.3, 0.4) is 0 Å². The van der Waals surface area contributed by atoms with Gasteiger partial charge in [-0.15, -0.1) is 0 Å². The van der Waals surface area contributed by atoms with Crippen LogP contribution < -0.4 is 22.5 Å². The summed E-state index contributed by atoms with van der Waals surface area (Å²) in [6.07, 6.45) is 1.74. The normalized spacial score (nSPS) is 24.7. The highest BCUT2D eigenvalue weighted by molar-refractivity contribution is 5.91. The summed E-state index contributed by atoms with van der Waals surface area (Å²) in [5, 5.41) is 16.1. The van der Waals surface area contributed by atoms with Gasteiger partial charge in [0.25, 0.3) is 11.9 Å². The molecule has 13 nitrogen and oxygen atoms in total. The number of carbonyl (C=O) groups excluding carboxylic acids is 1. The van der Waals surface area contributed by atoms with Crippen LogP contribution in [0.4, 0.5) is 5.82 Å². The van der Waals surface area contributed by atoms with Crippen molar-refractivity contribution in [1.29, 1.82) is 0 Å². The molecule has 4 heterocycles. The summed E-state index contributed by atoms with van der Waals surface area (Å²) in [4.78, 5) is 24.6. The third-order valence-corrected chi connectivity index (χ3v) is 4.66. The minimum atomic E-state index is -0.682. The molecule has 1 saturated heterocycles. The van der Waals surface area contributed by atoms with Crippen molar-refractivity contribution in [3.8, 4) is 5.95 Å². The Kier molecular flexibility index (Phi) is 4.43. The van der Waals surface area contributed by atoms with E-state index in [-0.39, 0.29) is 30.0 Å². The zero-order chi connectivity index (χ0) is 20.0. The molecule has 0 aromatic carbocycles. The molecule has 2 unspecified atom stereocenters. The number of ether oxygens (including phenoxy) is 1. The second kappa shape index (κ2) is 6.79.